The summed E-state index contributed by atoms with van der Waals surface area (Å²) in [6.07, 6.45) is 14.5. The Hall–Kier alpha value is -7.55. The summed E-state index contributed by atoms with van der Waals surface area (Å²) in [7, 11) is 0. The monoisotopic (exact) mass is 1150 g/mol. The van der Waals surface area contributed by atoms with Gasteiger partial charge in [0.1, 0.15) is 23.7 Å². The van der Waals surface area contributed by atoms with E-state index in [1.807, 2.05) is 50.0 Å². The van der Waals surface area contributed by atoms with E-state index in [0.717, 1.165) is 116 Å². The van der Waals surface area contributed by atoms with Gasteiger partial charge in [-0.05, 0) is 221 Å². The predicted molar refractivity (Wildman–Crippen MR) is 342 cm³/mol. The number of benzene rings is 6. The number of allylic oxidation sites excluding steroid dienone is 2. The molecule has 0 bridgehead atoms. The van der Waals surface area contributed by atoms with Gasteiger partial charge in [-0.2, -0.15) is 10.2 Å². The van der Waals surface area contributed by atoms with Gasteiger partial charge in [0, 0.05) is 37.1 Å². The lowest BCUT2D eigenvalue weighted by Gasteiger charge is -2.27. The van der Waals surface area contributed by atoms with Crippen LogP contribution in [-0.2, 0) is 14.2 Å². The molecule has 10 rings (SSSR count). The Morgan fingerprint density at radius 2 is 1.05 bits per heavy atom. The lowest BCUT2D eigenvalue weighted by Crippen LogP contribution is -2.40. The molecular weight excluding hydrogens is 1060 g/mol. The van der Waals surface area contributed by atoms with Crippen molar-refractivity contribution in [2.75, 3.05) is 52.7 Å². The molecule has 2 aliphatic rings. The fourth-order valence-corrected chi connectivity index (χ4v) is 11.6. The first-order valence-corrected chi connectivity index (χ1v) is 30.8. The van der Waals surface area contributed by atoms with Crippen molar-refractivity contribution in [3.05, 3.63) is 190 Å². The Labute approximate surface area is 502 Å². The summed E-state index contributed by atoms with van der Waals surface area (Å²) in [5, 5.41) is 30.1. The molecule has 2 aromatic heterocycles. The van der Waals surface area contributed by atoms with Gasteiger partial charge in [0.25, 0.3) is 0 Å². The molecule has 0 radical (unpaired) electrons. The summed E-state index contributed by atoms with van der Waals surface area (Å²) in [5.74, 6) is 1.58. The summed E-state index contributed by atoms with van der Waals surface area (Å²) < 4.78 is 33.7. The Morgan fingerprint density at radius 1 is 0.576 bits per heavy atom. The highest BCUT2D eigenvalue weighted by molar-refractivity contribution is 6.02. The fourth-order valence-electron chi connectivity index (χ4n) is 11.6. The second kappa shape index (κ2) is 30.0. The van der Waals surface area contributed by atoms with Crippen LogP contribution in [0.2, 0.25) is 0 Å². The van der Waals surface area contributed by atoms with E-state index in [-0.39, 0.29) is 38.8 Å². The zero-order valence-corrected chi connectivity index (χ0v) is 51.0. The molecule has 4 heterocycles. The van der Waals surface area contributed by atoms with Crippen LogP contribution < -0.4 is 9.47 Å². The maximum Gasteiger partial charge on any atom is 0.410 e. The van der Waals surface area contributed by atoms with E-state index in [1.165, 1.54) is 67.0 Å². The van der Waals surface area contributed by atoms with Crippen molar-refractivity contribution >= 4 is 50.2 Å². The molecule has 0 spiro atoms. The van der Waals surface area contributed by atoms with Crippen LogP contribution in [0.3, 0.4) is 0 Å². The second-order valence-electron chi connectivity index (χ2n) is 23.1. The molecule has 8 aromatic rings. The van der Waals surface area contributed by atoms with Crippen LogP contribution >= 0.6 is 0 Å². The number of rotatable bonds is 22. The third kappa shape index (κ3) is 15.9. The van der Waals surface area contributed by atoms with Gasteiger partial charge in [0.2, 0.25) is 0 Å². The minimum atomic E-state index is -0.614. The first-order chi connectivity index (χ1) is 41.4. The number of nitrogens with zero attached hydrogens (tertiary/aromatic N) is 5. The Morgan fingerprint density at radius 3 is 1.47 bits per heavy atom. The fraction of sp³-hybridized carbons (Fsp3) is 0.403. The van der Waals surface area contributed by atoms with Crippen LogP contribution in [0.25, 0.3) is 44.1 Å². The lowest BCUT2D eigenvalue weighted by atomic mass is 9.86. The zero-order chi connectivity index (χ0) is 59.7. The van der Waals surface area contributed by atoms with E-state index < -0.39 is 11.7 Å². The van der Waals surface area contributed by atoms with Crippen molar-refractivity contribution < 1.29 is 38.7 Å². The molecule has 2 N–H and O–H groups in total. The maximum atomic E-state index is 12.6. The van der Waals surface area contributed by atoms with E-state index in [1.54, 1.807) is 0 Å². The van der Waals surface area contributed by atoms with Gasteiger partial charge < -0.3 is 38.8 Å². The van der Waals surface area contributed by atoms with E-state index >= 15 is 0 Å². The van der Waals surface area contributed by atoms with Gasteiger partial charge in [0.15, 0.2) is 12.5 Å². The molecular formula is C72H87N5O8. The molecule has 448 valence electrons. The number of carbonyl (C=O) groups excluding carboxylic acids is 1. The molecule has 85 heavy (non-hydrogen) atoms. The van der Waals surface area contributed by atoms with Crippen LogP contribution in [-0.4, -0.2) is 99.1 Å². The van der Waals surface area contributed by atoms with Crippen molar-refractivity contribution in [1.29, 1.82) is 0 Å². The molecule has 1 amide bonds. The zero-order valence-electron chi connectivity index (χ0n) is 51.0. The first-order valence-electron chi connectivity index (χ1n) is 30.8. The number of hydrogen-bond acceptors (Lipinski definition) is 10. The molecule has 2 unspecified atom stereocenters. The molecule has 13 nitrogen and oxygen atoms in total. The number of aryl methyl sites for hydroxylation is 2. The number of hydrogen-bond donors (Lipinski definition) is 2. The summed E-state index contributed by atoms with van der Waals surface area (Å²) >= 11 is 0. The number of carbonyl (C=O) groups is 1. The number of aromatic nitrogens is 4. The highest BCUT2D eigenvalue weighted by Crippen LogP contribution is 2.40. The molecule has 0 aliphatic carbocycles. The minimum absolute atomic E-state index is 0.0160. The molecule has 2 aliphatic heterocycles. The molecule has 0 saturated carbocycles. The SMILES string of the molecule is CC/C(=C(/c1ccc(OCCCCCO)cc1)c1ccc2c(cnn2C2CCCCO2)c1)c1ccccc1C.CC/C(=C(/c1ccc(OCCN(CCO)C(=O)OC(C)(C)C)cc1)c1ccc2c(cnn2C2CCCCO2)c1)c1ccccc1C. The van der Waals surface area contributed by atoms with Gasteiger partial charge in [-0.25, -0.2) is 14.2 Å². The summed E-state index contributed by atoms with van der Waals surface area (Å²) in [6.45, 7) is 17.4. The van der Waals surface area contributed by atoms with Crippen molar-refractivity contribution in [2.45, 2.75) is 137 Å². The topological polar surface area (TPSA) is 143 Å². The summed E-state index contributed by atoms with van der Waals surface area (Å²) in [4.78, 5) is 14.0. The molecule has 6 aromatic carbocycles. The number of fused-ring (bicyclic) bond motifs is 2. The van der Waals surface area contributed by atoms with Crippen LogP contribution in [0, 0.1) is 13.8 Å². The average molecular weight is 1150 g/mol. The second-order valence-corrected chi connectivity index (χ2v) is 23.1. The number of ether oxygens (including phenoxy) is 5. The van der Waals surface area contributed by atoms with Crippen molar-refractivity contribution in [1.82, 2.24) is 24.5 Å². The highest BCUT2D eigenvalue weighted by Gasteiger charge is 2.25. The predicted octanol–water partition coefficient (Wildman–Crippen LogP) is 16.0. The third-order valence-corrected chi connectivity index (χ3v) is 15.9. The van der Waals surface area contributed by atoms with Crippen LogP contribution in [0.4, 0.5) is 4.79 Å². The maximum absolute atomic E-state index is 12.6. The molecule has 2 fully saturated rings. The lowest BCUT2D eigenvalue weighted by molar-refractivity contribution is -0.0367. The molecule has 2 saturated heterocycles. The normalized spacial score (nSPS) is 16.1. The van der Waals surface area contributed by atoms with E-state index in [2.05, 4.69) is 154 Å². The van der Waals surface area contributed by atoms with Crippen LogP contribution in [0.15, 0.2) is 146 Å². The van der Waals surface area contributed by atoms with Crippen molar-refractivity contribution in [2.24, 2.45) is 0 Å². The molecule has 13 heteroatoms. The van der Waals surface area contributed by atoms with Crippen molar-refractivity contribution in [3.8, 4) is 11.5 Å². The summed E-state index contributed by atoms with van der Waals surface area (Å²) in [6, 6.07) is 47.1. The highest BCUT2D eigenvalue weighted by atomic mass is 16.6. The van der Waals surface area contributed by atoms with E-state index in [4.69, 9.17) is 39.0 Å². The van der Waals surface area contributed by atoms with Gasteiger partial charge >= 0.3 is 6.09 Å². The van der Waals surface area contributed by atoms with Gasteiger partial charge in [-0.1, -0.05) is 98.8 Å². The van der Waals surface area contributed by atoms with Gasteiger partial charge in [-0.3, -0.25) is 0 Å². The van der Waals surface area contributed by atoms with Gasteiger partial charge in [0.05, 0.1) is 43.2 Å². The van der Waals surface area contributed by atoms with Crippen molar-refractivity contribution in [3.63, 3.8) is 0 Å². The number of aliphatic hydroxyl groups excluding tert-OH is 2. The number of unbranched alkanes of at least 4 members (excludes halogenated alkanes) is 2. The minimum Gasteiger partial charge on any atom is -0.494 e. The summed E-state index contributed by atoms with van der Waals surface area (Å²) in [5.41, 5.74) is 16.2. The largest absolute Gasteiger partial charge is 0.494 e. The average Bonchev–Trinajstić information content (AvgIpc) is 2.83. The van der Waals surface area contributed by atoms with Gasteiger partial charge in [-0.15, -0.1) is 0 Å². The number of aliphatic hydroxyl groups is 2. The van der Waals surface area contributed by atoms with E-state index in [0.29, 0.717) is 18.9 Å². The van der Waals surface area contributed by atoms with Crippen LogP contribution in [0.5, 0.6) is 11.5 Å². The quantitative estimate of drug-likeness (QED) is 0.0497. The Kier molecular flexibility index (Phi) is 21.9. The third-order valence-electron chi connectivity index (χ3n) is 15.9. The molecule has 2 atom stereocenters. The van der Waals surface area contributed by atoms with E-state index in [9.17, 15) is 9.90 Å². The Balaban J connectivity index is 0.000000206. The first kappa shape index (κ1) is 62.0. The standard InChI is InChI=1S/C38H47N3O5.C34H40N2O3/c1-6-32(33-12-8-7-11-27(33)2)36(29-16-19-34-30(25-29)26-39-41(34)35-13-9-10-23-45-35)28-14-17-31(18-15-28)44-24-21-40(20-22-42)37(43)46-38(3,4)5;1-3-30(31-12-6-5-11-25(31)2)34(26-14-17-29(18-15-26)38-21-9-4-8-20-37)27-16-19-32-28(23-27)24-35-36(32)33-13-7-10-22-39-33/h7-8,11-12,14-19,25-26,35,42H,6,9-10,13,20-24H2,1-5H3;5-6,11-12,14-19,23-24,33,37H,3-4,7-10,13,20-22H2,1-2H3/b36-32+;34-30+. The van der Waals surface area contributed by atoms with Crippen LogP contribution in [0.1, 0.15) is 162 Å². The smallest absolute Gasteiger partial charge is 0.410 e. The Bertz CT molecular complexity index is 3510. The number of amides is 1.